The zero-order valence-electron chi connectivity index (χ0n) is 13.4. The van der Waals surface area contributed by atoms with Crippen molar-refractivity contribution >= 4 is 28.7 Å². The summed E-state index contributed by atoms with van der Waals surface area (Å²) in [7, 11) is 0. The molecule has 0 heterocycles. The number of hydrogen-bond acceptors (Lipinski definition) is 2. The molecule has 0 saturated heterocycles. The van der Waals surface area contributed by atoms with Crippen molar-refractivity contribution in [2.24, 2.45) is 11.0 Å². The maximum absolute atomic E-state index is 5.29. The Morgan fingerprint density at radius 2 is 1.95 bits per heavy atom. The summed E-state index contributed by atoms with van der Waals surface area (Å²) in [6.45, 7) is 10.3. The van der Waals surface area contributed by atoms with Gasteiger partial charge in [0.25, 0.3) is 0 Å². The Labute approximate surface area is 138 Å². The fourth-order valence-corrected chi connectivity index (χ4v) is 2.50. The van der Waals surface area contributed by atoms with Gasteiger partial charge in [-0.15, -0.1) is 0 Å². The Morgan fingerprint density at radius 1 is 1.27 bits per heavy atom. The third-order valence-electron chi connectivity index (χ3n) is 3.90. The number of anilines is 1. The van der Waals surface area contributed by atoms with E-state index in [1.807, 2.05) is 24.3 Å². The molecule has 1 atom stereocenters. The Bertz CT molecular complexity index is 626. The highest BCUT2D eigenvalue weighted by Gasteiger charge is 2.18. The van der Waals surface area contributed by atoms with E-state index in [0.717, 1.165) is 24.2 Å². The van der Waals surface area contributed by atoms with E-state index >= 15 is 0 Å². The first-order chi connectivity index (χ1) is 10.5. The number of nitrogens with zero attached hydrogens (tertiary/aromatic N) is 1. The largest absolute Gasteiger partial charge is 0.331 e. The smallest absolute Gasteiger partial charge is 0.191 e. The number of benzene rings is 1. The Balaban J connectivity index is 1.96. The van der Waals surface area contributed by atoms with Gasteiger partial charge in [-0.25, -0.2) is 0 Å². The van der Waals surface area contributed by atoms with Crippen molar-refractivity contribution in [2.75, 3.05) is 5.32 Å². The summed E-state index contributed by atoms with van der Waals surface area (Å²) < 4.78 is 0. The van der Waals surface area contributed by atoms with E-state index in [1.165, 1.54) is 16.7 Å². The Hall–Kier alpha value is -1.94. The minimum absolute atomic E-state index is 0.475. The third kappa shape index (κ3) is 4.53. The molecule has 0 bridgehead atoms. The molecule has 1 aliphatic carbocycles. The zero-order valence-corrected chi connectivity index (χ0v) is 14.3. The Kier molecular flexibility index (Phi) is 5.50. The molecule has 0 fully saturated rings. The molecule has 3 nitrogen and oxygen atoms in total. The molecule has 1 aromatic rings. The van der Waals surface area contributed by atoms with Crippen LogP contribution in [0.15, 0.2) is 53.2 Å². The van der Waals surface area contributed by atoms with Gasteiger partial charge in [-0.2, -0.15) is 5.10 Å². The molecule has 0 aromatic heterocycles. The van der Waals surface area contributed by atoms with Crippen LogP contribution in [0.25, 0.3) is 0 Å². The molecule has 0 amide bonds. The maximum Gasteiger partial charge on any atom is 0.191 e. The molecule has 1 aromatic carbocycles. The standard InChI is InChI=1S/C18H23N3S/c1-12(2)15-8-7-14(4)17(11-15)20-21-18(22)19-16-9-5-13(3)6-10-16/h5-7,9-10,15H,1,8,11H2,2-4H3,(H2,19,21,22)/b20-17+/t15-/m1/s1. The topological polar surface area (TPSA) is 36.4 Å². The van der Waals surface area contributed by atoms with Crippen molar-refractivity contribution in [3.63, 3.8) is 0 Å². The van der Waals surface area contributed by atoms with Crippen molar-refractivity contribution in [2.45, 2.75) is 33.6 Å². The van der Waals surface area contributed by atoms with Crippen LogP contribution >= 0.6 is 12.2 Å². The fourth-order valence-electron chi connectivity index (χ4n) is 2.34. The van der Waals surface area contributed by atoms with Crippen molar-refractivity contribution in [3.05, 3.63) is 53.6 Å². The number of hydrazone groups is 1. The van der Waals surface area contributed by atoms with Crippen LogP contribution in [-0.2, 0) is 0 Å². The molecule has 0 unspecified atom stereocenters. The summed E-state index contributed by atoms with van der Waals surface area (Å²) in [5.74, 6) is 0.475. The van der Waals surface area contributed by atoms with Gasteiger partial charge in [0.05, 0.1) is 5.71 Å². The van der Waals surface area contributed by atoms with Gasteiger partial charge in [0.2, 0.25) is 0 Å². The Morgan fingerprint density at radius 3 is 2.59 bits per heavy atom. The summed E-state index contributed by atoms with van der Waals surface area (Å²) in [5.41, 5.74) is 8.59. The fraction of sp³-hybridized carbons (Fsp3) is 0.333. The van der Waals surface area contributed by atoms with Crippen molar-refractivity contribution < 1.29 is 0 Å². The average molecular weight is 313 g/mol. The lowest BCUT2D eigenvalue weighted by atomic mass is 9.85. The second-order valence-electron chi connectivity index (χ2n) is 5.86. The number of allylic oxidation sites excluding steroid dienone is 3. The van der Waals surface area contributed by atoms with E-state index < -0.39 is 0 Å². The molecule has 1 aliphatic rings. The van der Waals surface area contributed by atoms with Crippen LogP contribution in [0.2, 0.25) is 0 Å². The van der Waals surface area contributed by atoms with E-state index in [9.17, 15) is 0 Å². The van der Waals surface area contributed by atoms with Crippen LogP contribution in [0.1, 0.15) is 32.3 Å². The first kappa shape index (κ1) is 16.4. The highest BCUT2D eigenvalue weighted by atomic mass is 32.1. The SMILES string of the molecule is C=C(C)[C@@H]1CC=C(C)/C(=N/NC(=S)Nc2ccc(C)cc2)C1. The van der Waals surface area contributed by atoms with Gasteiger partial charge >= 0.3 is 0 Å². The first-order valence-electron chi connectivity index (χ1n) is 7.48. The number of hydrogen-bond donors (Lipinski definition) is 2. The number of aryl methyl sites for hydroxylation is 1. The minimum atomic E-state index is 0.475. The summed E-state index contributed by atoms with van der Waals surface area (Å²) in [6, 6.07) is 8.09. The van der Waals surface area contributed by atoms with Crippen LogP contribution in [0.5, 0.6) is 0 Å². The first-order valence-corrected chi connectivity index (χ1v) is 7.89. The lowest BCUT2D eigenvalue weighted by Gasteiger charge is -2.22. The van der Waals surface area contributed by atoms with Crippen LogP contribution < -0.4 is 10.7 Å². The average Bonchev–Trinajstić information content (AvgIpc) is 2.48. The van der Waals surface area contributed by atoms with Crippen LogP contribution in [0.3, 0.4) is 0 Å². The molecule has 0 spiro atoms. The molecule has 116 valence electrons. The molecule has 0 radical (unpaired) electrons. The van der Waals surface area contributed by atoms with Crippen LogP contribution in [0.4, 0.5) is 5.69 Å². The summed E-state index contributed by atoms with van der Waals surface area (Å²) in [4.78, 5) is 0. The predicted octanol–water partition coefficient (Wildman–Crippen LogP) is 4.57. The lowest BCUT2D eigenvalue weighted by Crippen LogP contribution is -2.26. The molecule has 2 N–H and O–H groups in total. The van der Waals surface area contributed by atoms with Gasteiger partial charge in [-0.05, 0) is 69.5 Å². The van der Waals surface area contributed by atoms with E-state index in [2.05, 4.69) is 49.3 Å². The van der Waals surface area contributed by atoms with E-state index in [4.69, 9.17) is 12.2 Å². The van der Waals surface area contributed by atoms with Gasteiger partial charge in [0.15, 0.2) is 5.11 Å². The zero-order chi connectivity index (χ0) is 16.1. The number of thiocarbonyl (C=S) groups is 1. The number of nitrogens with one attached hydrogen (secondary N) is 2. The van der Waals surface area contributed by atoms with Crippen molar-refractivity contribution in [1.29, 1.82) is 0 Å². The monoisotopic (exact) mass is 313 g/mol. The van der Waals surface area contributed by atoms with Crippen LogP contribution in [-0.4, -0.2) is 10.8 Å². The quantitative estimate of drug-likeness (QED) is 0.487. The second-order valence-corrected chi connectivity index (χ2v) is 6.27. The molecule has 2 rings (SSSR count). The normalized spacial score (nSPS) is 19.5. The van der Waals surface area contributed by atoms with Gasteiger partial charge in [0, 0.05) is 5.69 Å². The van der Waals surface area contributed by atoms with Gasteiger partial charge in [-0.3, -0.25) is 5.43 Å². The summed E-state index contributed by atoms with van der Waals surface area (Å²) >= 11 is 5.29. The minimum Gasteiger partial charge on any atom is -0.331 e. The molecule has 0 saturated carbocycles. The molecular formula is C18H23N3S. The van der Waals surface area contributed by atoms with E-state index in [0.29, 0.717) is 11.0 Å². The molecular weight excluding hydrogens is 290 g/mol. The molecule has 4 heteroatoms. The molecule has 0 aliphatic heterocycles. The van der Waals surface area contributed by atoms with Gasteiger partial charge in [-0.1, -0.05) is 35.9 Å². The summed E-state index contributed by atoms with van der Waals surface area (Å²) in [5, 5.41) is 8.10. The highest BCUT2D eigenvalue weighted by Crippen LogP contribution is 2.26. The van der Waals surface area contributed by atoms with Crippen LogP contribution in [0, 0.1) is 12.8 Å². The van der Waals surface area contributed by atoms with Crippen molar-refractivity contribution in [3.8, 4) is 0 Å². The van der Waals surface area contributed by atoms with Crippen molar-refractivity contribution in [1.82, 2.24) is 5.43 Å². The third-order valence-corrected chi connectivity index (χ3v) is 4.10. The molecule has 22 heavy (non-hydrogen) atoms. The van der Waals surface area contributed by atoms with Gasteiger partial charge < -0.3 is 5.32 Å². The maximum atomic E-state index is 5.29. The summed E-state index contributed by atoms with van der Waals surface area (Å²) in [6.07, 6.45) is 4.18. The van der Waals surface area contributed by atoms with E-state index in [-0.39, 0.29) is 0 Å². The lowest BCUT2D eigenvalue weighted by molar-refractivity contribution is 0.637. The predicted molar refractivity (Wildman–Crippen MR) is 99.3 cm³/mol. The second kappa shape index (κ2) is 7.36. The number of rotatable bonds is 3. The highest BCUT2D eigenvalue weighted by molar-refractivity contribution is 7.80. The van der Waals surface area contributed by atoms with E-state index in [1.54, 1.807) is 0 Å². The van der Waals surface area contributed by atoms with Gasteiger partial charge in [0.1, 0.15) is 0 Å².